The van der Waals surface area contributed by atoms with Gasteiger partial charge in [0.1, 0.15) is 12.1 Å². The lowest BCUT2D eigenvalue weighted by molar-refractivity contribution is 0.818. The fraction of sp³-hybridized carbons (Fsp3) is 0.167. The zero-order valence-corrected chi connectivity index (χ0v) is 12.9. The van der Waals surface area contributed by atoms with Crippen LogP contribution in [0.5, 0.6) is 0 Å². The zero-order chi connectivity index (χ0) is 15.6. The number of fused-ring (bicyclic) bond motifs is 1. The Morgan fingerprint density at radius 2 is 2.00 bits per heavy atom. The Bertz CT molecular complexity index is 923. The van der Waals surface area contributed by atoms with Crippen molar-refractivity contribution >= 4 is 5.65 Å². The molecule has 4 rings (SSSR count). The summed E-state index contributed by atoms with van der Waals surface area (Å²) >= 11 is 0. The lowest BCUT2D eigenvalue weighted by atomic mass is 10.1. The van der Waals surface area contributed by atoms with Gasteiger partial charge in [-0.3, -0.25) is 4.57 Å². The molecule has 5 nitrogen and oxygen atoms in total. The van der Waals surface area contributed by atoms with Gasteiger partial charge in [0.15, 0.2) is 5.65 Å². The molecule has 0 aliphatic carbocycles. The summed E-state index contributed by atoms with van der Waals surface area (Å²) < 4.78 is 3.85. The van der Waals surface area contributed by atoms with Gasteiger partial charge in [-0.1, -0.05) is 43.7 Å². The molecule has 23 heavy (non-hydrogen) atoms. The summed E-state index contributed by atoms with van der Waals surface area (Å²) in [4.78, 5) is 8.99. The van der Waals surface area contributed by atoms with Crippen LogP contribution in [0.4, 0.5) is 0 Å². The number of rotatable bonds is 4. The second kappa shape index (κ2) is 5.68. The monoisotopic (exact) mass is 303 g/mol. The van der Waals surface area contributed by atoms with Gasteiger partial charge in [-0.05, 0) is 12.0 Å². The summed E-state index contributed by atoms with van der Waals surface area (Å²) in [6.45, 7) is 2.16. The van der Waals surface area contributed by atoms with E-state index >= 15 is 0 Å². The van der Waals surface area contributed by atoms with Crippen molar-refractivity contribution in [1.29, 1.82) is 0 Å². The molecule has 3 aromatic heterocycles. The smallest absolute Gasteiger partial charge is 0.165 e. The van der Waals surface area contributed by atoms with Gasteiger partial charge < -0.3 is 0 Å². The van der Waals surface area contributed by atoms with E-state index in [-0.39, 0.29) is 0 Å². The topological polar surface area (TPSA) is 48.0 Å². The Labute approximate surface area is 134 Å². The molecule has 0 amide bonds. The SMILES string of the molecule is CCCc1cc(-n2ccnc2)n2ncc(-c3ccccc3)c2n1. The van der Waals surface area contributed by atoms with Crippen molar-refractivity contribution in [1.82, 2.24) is 24.1 Å². The number of benzene rings is 1. The molecule has 0 unspecified atom stereocenters. The third kappa shape index (κ3) is 2.40. The maximum Gasteiger partial charge on any atom is 0.165 e. The Morgan fingerprint density at radius 1 is 1.13 bits per heavy atom. The molecule has 0 radical (unpaired) electrons. The Hall–Kier alpha value is -2.95. The average Bonchev–Trinajstić information content (AvgIpc) is 3.25. The second-order valence-electron chi connectivity index (χ2n) is 5.49. The van der Waals surface area contributed by atoms with Crippen LogP contribution in [0.1, 0.15) is 19.0 Å². The lowest BCUT2D eigenvalue weighted by Crippen LogP contribution is -2.05. The van der Waals surface area contributed by atoms with Crippen LogP contribution < -0.4 is 0 Å². The number of aromatic nitrogens is 5. The van der Waals surface area contributed by atoms with Gasteiger partial charge in [0, 0.05) is 29.7 Å². The zero-order valence-electron chi connectivity index (χ0n) is 12.9. The number of aryl methyl sites for hydroxylation is 1. The van der Waals surface area contributed by atoms with Crippen molar-refractivity contribution in [3.63, 3.8) is 0 Å². The first-order valence-corrected chi connectivity index (χ1v) is 7.78. The third-order valence-electron chi connectivity index (χ3n) is 3.87. The lowest BCUT2D eigenvalue weighted by Gasteiger charge is -2.09. The van der Waals surface area contributed by atoms with Gasteiger partial charge >= 0.3 is 0 Å². The summed E-state index contributed by atoms with van der Waals surface area (Å²) in [7, 11) is 0. The van der Waals surface area contributed by atoms with Crippen LogP contribution in [-0.2, 0) is 6.42 Å². The first kappa shape index (κ1) is 13.7. The van der Waals surface area contributed by atoms with Gasteiger partial charge in [0.2, 0.25) is 0 Å². The van der Waals surface area contributed by atoms with E-state index in [1.807, 2.05) is 39.7 Å². The maximum absolute atomic E-state index is 4.84. The predicted molar refractivity (Wildman–Crippen MR) is 89.5 cm³/mol. The number of hydrogen-bond acceptors (Lipinski definition) is 3. The summed E-state index contributed by atoms with van der Waals surface area (Å²) in [6.07, 6.45) is 9.36. The van der Waals surface area contributed by atoms with E-state index in [1.165, 1.54) is 0 Å². The molecule has 0 fully saturated rings. The molecule has 1 aromatic carbocycles. The Kier molecular flexibility index (Phi) is 3.38. The van der Waals surface area contributed by atoms with Gasteiger partial charge in [-0.15, -0.1) is 0 Å². The average molecular weight is 303 g/mol. The number of imidazole rings is 1. The summed E-state index contributed by atoms with van der Waals surface area (Å²) in [6, 6.07) is 12.3. The molecule has 4 aromatic rings. The number of hydrogen-bond donors (Lipinski definition) is 0. The molecular weight excluding hydrogens is 286 g/mol. The van der Waals surface area contributed by atoms with Crippen LogP contribution in [0, 0.1) is 0 Å². The van der Waals surface area contributed by atoms with Crippen LogP contribution in [0.15, 0.2) is 61.3 Å². The van der Waals surface area contributed by atoms with E-state index in [2.05, 4.69) is 35.2 Å². The van der Waals surface area contributed by atoms with Crippen molar-refractivity contribution in [2.24, 2.45) is 0 Å². The van der Waals surface area contributed by atoms with E-state index in [0.717, 1.165) is 41.1 Å². The molecule has 114 valence electrons. The van der Waals surface area contributed by atoms with E-state index in [9.17, 15) is 0 Å². The Balaban J connectivity index is 1.98. The minimum absolute atomic E-state index is 0.880. The van der Waals surface area contributed by atoms with Crippen molar-refractivity contribution in [2.75, 3.05) is 0 Å². The third-order valence-corrected chi connectivity index (χ3v) is 3.87. The van der Waals surface area contributed by atoms with Crippen LogP contribution >= 0.6 is 0 Å². The highest BCUT2D eigenvalue weighted by atomic mass is 15.3. The number of nitrogens with zero attached hydrogens (tertiary/aromatic N) is 5. The van der Waals surface area contributed by atoms with Gasteiger partial charge in [-0.2, -0.15) is 9.61 Å². The first-order valence-electron chi connectivity index (χ1n) is 7.78. The van der Waals surface area contributed by atoms with Gasteiger partial charge in [-0.25, -0.2) is 9.97 Å². The summed E-state index contributed by atoms with van der Waals surface area (Å²) in [5.41, 5.74) is 4.12. The predicted octanol–water partition coefficient (Wildman–Crippen LogP) is 3.53. The van der Waals surface area contributed by atoms with E-state index in [1.54, 1.807) is 12.5 Å². The van der Waals surface area contributed by atoms with Crippen LogP contribution in [-0.4, -0.2) is 24.1 Å². The Morgan fingerprint density at radius 3 is 2.74 bits per heavy atom. The fourth-order valence-corrected chi connectivity index (χ4v) is 2.78. The quantitative estimate of drug-likeness (QED) is 0.579. The van der Waals surface area contributed by atoms with Gasteiger partial charge in [0.05, 0.1) is 6.20 Å². The second-order valence-corrected chi connectivity index (χ2v) is 5.49. The highest BCUT2D eigenvalue weighted by Gasteiger charge is 2.13. The molecule has 0 aliphatic rings. The molecule has 0 atom stereocenters. The fourth-order valence-electron chi connectivity index (χ4n) is 2.78. The molecule has 0 bridgehead atoms. The highest BCUT2D eigenvalue weighted by molar-refractivity contribution is 5.77. The van der Waals surface area contributed by atoms with Crippen molar-refractivity contribution in [2.45, 2.75) is 19.8 Å². The van der Waals surface area contributed by atoms with Crippen LogP contribution in [0.25, 0.3) is 22.6 Å². The molecule has 3 heterocycles. The molecule has 0 saturated carbocycles. The largest absolute Gasteiger partial charge is 0.290 e. The van der Waals surface area contributed by atoms with Crippen LogP contribution in [0.3, 0.4) is 0 Å². The molecule has 0 N–H and O–H groups in total. The maximum atomic E-state index is 4.84. The summed E-state index contributed by atoms with van der Waals surface area (Å²) in [5.74, 6) is 0.957. The first-order chi connectivity index (χ1) is 11.4. The molecule has 5 heteroatoms. The van der Waals surface area contributed by atoms with E-state index < -0.39 is 0 Å². The minimum Gasteiger partial charge on any atom is -0.290 e. The molecular formula is C18H17N5. The van der Waals surface area contributed by atoms with E-state index in [0.29, 0.717) is 0 Å². The van der Waals surface area contributed by atoms with Gasteiger partial charge in [0.25, 0.3) is 0 Å². The van der Waals surface area contributed by atoms with Crippen molar-refractivity contribution in [3.05, 3.63) is 67.0 Å². The van der Waals surface area contributed by atoms with Crippen molar-refractivity contribution < 1.29 is 0 Å². The molecule has 0 aliphatic heterocycles. The van der Waals surface area contributed by atoms with Crippen LogP contribution in [0.2, 0.25) is 0 Å². The molecule has 0 spiro atoms. The normalized spacial score (nSPS) is 11.2. The molecule has 0 saturated heterocycles. The van der Waals surface area contributed by atoms with E-state index in [4.69, 9.17) is 4.98 Å². The minimum atomic E-state index is 0.880. The summed E-state index contributed by atoms with van der Waals surface area (Å²) in [5, 5.41) is 4.56. The highest BCUT2D eigenvalue weighted by Crippen LogP contribution is 2.25. The van der Waals surface area contributed by atoms with Crippen molar-refractivity contribution in [3.8, 4) is 16.9 Å². The standard InChI is InChI=1S/C18H17N5/c1-2-6-15-11-17(22-10-9-19-13-22)23-18(21-15)16(12-20-23)14-7-4-3-5-8-14/h3-5,7-13H,2,6H2,1H3.